The molecule has 192 valence electrons. The Morgan fingerprint density at radius 2 is 1.39 bits per heavy atom. The van der Waals surface area contributed by atoms with E-state index in [1.54, 1.807) is 6.92 Å². The van der Waals surface area contributed by atoms with Gasteiger partial charge >= 0.3 is 0 Å². The molecule has 2 N–H and O–H groups in total. The van der Waals surface area contributed by atoms with Crippen LogP contribution in [0.2, 0.25) is 0 Å². The van der Waals surface area contributed by atoms with Gasteiger partial charge in [0.1, 0.15) is 12.7 Å². The molecule has 0 fully saturated rings. The number of carbonyl (C=O) groups excluding carboxylic acids is 1. The van der Waals surface area contributed by atoms with E-state index in [0.717, 1.165) is 24.1 Å². The summed E-state index contributed by atoms with van der Waals surface area (Å²) in [5, 5.41) is 6.51. The van der Waals surface area contributed by atoms with E-state index >= 15 is 0 Å². The van der Waals surface area contributed by atoms with Crippen molar-refractivity contribution in [2.24, 2.45) is 0 Å². The summed E-state index contributed by atoms with van der Waals surface area (Å²) in [6.07, 6.45) is 32.9. The van der Waals surface area contributed by atoms with Crippen LogP contribution in [-0.2, 0) is 4.79 Å². The predicted octanol–water partition coefficient (Wildman–Crippen LogP) is 7.57. The van der Waals surface area contributed by atoms with Crippen LogP contribution in [0.5, 0.6) is 0 Å². The lowest BCUT2D eigenvalue weighted by atomic mass is 10.0. The number of rotatable bonds is 22. The summed E-state index contributed by atoms with van der Waals surface area (Å²) in [6, 6.07) is 0. The molecule has 1 aliphatic rings. The standard InChI is InChI=1S/C29H55N3O/c1-4-6-7-8-9-10-11-12-13-14-15-16-17-18-19-20-21-22-23-29-31-25-27-32(29,5-2)26-24-30-28(3)33/h18-19,25,27,29,31H,4-17,20-24,26H2,1-3H3/p+1/b19-18+. The molecule has 0 bridgehead atoms. The zero-order valence-corrected chi connectivity index (χ0v) is 22.4. The monoisotopic (exact) mass is 462 g/mol. The van der Waals surface area contributed by atoms with E-state index in [1.807, 2.05) is 0 Å². The lowest BCUT2D eigenvalue weighted by molar-refractivity contribution is -0.898. The van der Waals surface area contributed by atoms with Gasteiger partial charge in [0.2, 0.25) is 5.91 Å². The fraction of sp³-hybridized carbons (Fsp3) is 0.828. The summed E-state index contributed by atoms with van der Waals surface area (Å²) in [5.41, 5.74) is 0. The van der Waals surface area contributed by atoms with Crippen molar-refractivity contribution in [2.45, 2.75) is 136 Å². The van der Waals surface area contributed by atoms with E-state index in [-0.39, 0.29) is 5.91 Å². The Balaban J connectivity index is 1.95. The Morgan fingerprint density at radius 3 is 1.94 bits per heavy atom. The van der Waals surface area contributed by atoms with Gasteiger partial charge in [0, 0.05) is 13.3 Å². The second-order valence-corrected chi connectivity index (χ2v) is 10.1. The van der Waals surface area contributed by atoms with E-state index in [4.69, 9.17) is 0 Å². The number of nitrogens with one attached hydrogen (secondary N) is 2. The van der Waals surface area contributed by atoms with Crippen molar-refractivity contribution < 1.29 is 9.28 Å². The number of amides is 1. The van der Waals surface area contributed by atoms with Crippen LogP contribution < -0.4 is 10.6 Å². The average molecular weight is 463 g/mol. The molecule has 0 saturated carbocycles. The zero-order chi connectivity index (χ0) is 24.0. The van der Waals surface area contributed by atoms with Crippen molar-refractivity contribution in [3.05, 3.63) is 24.6 Å². The highest BCUT2D eigenvalue weighted by Crippen LogP contribution is 2.22. The third kappa shape index (κ3) is 14.6. The van der Waals surface area contributed by atoms with Gasteiger partial charge in [-0.1, -0.05) is 89.7 Å². The zero-order valence-electron chi connectivity index (χ0n) is 22.4. The van der Waals surface area contributed by atoms with E-state index in [0.29, 0.717) is 6.17 Å². The second-order valence-electron chi connectivity index (χ2n) is 10.1. The number of carbonyl (C=O) groups is 1. The van der Waals surface area contributed by atoms with Gasteiger partial charge in [0.05, 0.1) is 19.3 Å². The van der Waals surface area contributed by atoms with Crippen molar-refractivity contribution in [3.63, 3.8) is 0 Å². The number of unbranched alkanes of at least 4 members (excludes halogenated alkanes) is 14. The van der Waals surface area contributed by atoms with E-state index in [1.165, 1.54) is 109 Å². The highest BCUT2D eigenvalue weighted by Gasteiger charge is 2.36. The van der Waals surface area contributed by atoms with Crippen LogP contribution in [0.3, 0.4) is 0 Å². The van der Waals surface area contributed by atoms with Gasteiger partial charge in [-0.05, 0) is 39.0 Å². The molecule has 0 saturated heterocycles. The van der Waals surface area contributed by atoms with Crippen LogP contribution in [0.15, 0.2) is 24.6 Å². The van der Waals surface area contributed by atoms with Crippen LogP contribution in [0.1, 0.15) is 130 Å². The fourth-order valence-electron chi connectivity index (χ4n) is 4.99. The van der Waals surface area contributed by atoms with Gasteiger partial charge < -0.3 is 10.6 Å². The van der Waals surface area contributed by atoms with Crippen LogP contribution in [-0.4, -0.2) is 36.2 Å². The third-order valence-corrected chi connectivity index (χ3v) is 7.26. The fourth-order valence-corrected chi connectivity index (χ4v) is 4.99. The maximum Gasteiger partial charge on any atom is 0.217 e. The maximum atomic E-state index is 11.2. The molecule has 1 heterocycles. The van der Waals surface area contributed by atoms with Gasteiger partial charge in [-0.2, -0.15) is 0 Å². The number of hydrogen-bond donors (Lipinski definition) is 2. The molecular weight excluding hydrogens is 406 g/mol. The van der Waals surface area contributed by atoms with Crippen LogP contribution in [0, 0.1) is 0 Å². The average Bonchev–Trinajstić information content (AvgIpc) is 3.21. The molecule has 0 aliphatic carbocycles. The maximum absolute atomic E-state index is 11.2. The first kappa shape index (κ1) is 29.7. The largest absolute Gasteiger partial charge is 0.351 e. The van der Waals surface area contributed by atoms with Crippen LogP contribution in [0.25, 0.3) is 0 Å². The number of allylic oxidation sites excluding steroid dienone is 2. The molecule has 2 atom stereocenters. The molecular formula is C29H56N3O+. The Morgan fingerprint density at radius 1 is 0.848 bits per heavy atom. The number of likely N-dealkylation sites (N-methyl/N-ethyl adjacent to an activating group) is 1. The third-order valence-electron chi connectivity index (χ3n) is 7.26. The van der Waals surface area contributed by atoms with Gasteiger partial charge in [0.25, 0.3) is 0 Å². The van der Waals surface area contributed by atoms with Crippen molar-refractivity contribution in [3.8, 4) is 0 Å². The molecule has 0 spiro atoms. The first-order valence-electron chi connectivity index (χ1n) is 14.3. The molecule has 1 amide bonds. The van der Waals surface area contributed by atoms with Crippen molar-refractivity contribution in [2.75, 3.05) is 19.6 Å². The van der Waals surface area contributed by atoms with E-state index in [2.05, 4.69) is 49.0 Å². The molecule has 33 heavy (non-hydrogen) atoms. The van der Waals surface area contributed by atoms with Crippen LogP contribution >= 0.6 is 0 Å². The quantitative estimate of drug-likeness (QED) is 0.0989. The summed E-state index contributed by atoms with van der Waals surface area (Å²) < 4.78 is 0.940. The second kappa shape index (κ2) is 20.1. The highest BCUT2D eigenvalue weighted by atomic mass is 16.1. The van der Waals surface area contributed by atoms with Crippen molar-refractivity contribution >= 4 is 5.91 Å². The molecule has 1 rings (SSSR count). The minimum atomic E-state index is 0.0622. The molecule has 1 aliphatic heterocycles. The lowest BCUT2D eigenvalue weighted by Gasteiger charge is -2.37. The van der Waals surface area contributed by atoms with Gasteiger partial charge in [-0.25, -0.2) is 0 Å². The summed E-state index contributed by atoms with van der Waals surface area (Å²) in [4.78, 5) is 11.2. The van der Waals surface area contributed by atoms with E-state index < -0.39 is 0 Å². The van der Waals surface area contributed by atoms with E-state index in [9.17, 15) is 4.79 Å². The van der Waals surface area contributed by atoms with Gasteiger partial charge in [-0.3, -0.25) is 9.28 Å². The molecule has 4 nitrogen and oxygen atoms in total. The first-order valence-corrected chi connectivity index (χ1v) is 14.3. The highest BCUT2D eigenvalue weighted by molar-refractivity contribution is 5.72. The Kier molecular flexibility index (Phi) is 18.1. The summed E-state index contributed by atoms with van der Waals surface area (Å²) in [7, 11) is 0. The molecule has 0 aromatic heterocycles. The number of nitrogens with zero attached hydrogens (tertiary/aromatic N) is 1. The van der Waals surface area contributed by atoms with Gasteiger partial charge in [-0.15, -0.1) is 0 Å². The summed E-state index contributed by atoms with van der Waals surface area (Å²) in [6.45, 7) is 8.90. The number of hydrogen-bond acceptors (Lipinski definition) is 2. The molecule has 4 heteroatoms. The molecule has 0 aromatic rings. The smallest absolute Gasteiger partial charge is 0.217 e. The predicted molar refractivity (Wildman–Crippen MR) is 144 cm³/mol. The topological polar surface area (TPSA) is 41.1 Å². The van der Waals surface area contributed by atoms with Crippen LogP contribution in [0.4, 0.5) is 0 Å². The molecule has 0 aromatic carbocycles. The minimum absolute atomic E-state index is 0.0622. The Hall–Kier alpha value is -1.29. The van der Waals surface area contributed by atoms with Gasteiger partial charge in [0.15, 0.2) is 6.17 Å². The van der Waals surface area contributed by atoms with Crippen molar-refractivity contribution in [1.29, 1.82) is 0 Å². The van der Waals surface area contributed by atoms with Crippen molar-refractivity contribution in [1.82, 2.24) is 10.6 Å². The Bertz CT molecular complexity index is 531. The lowest BCUT2D eigenvalue weighted by Crippen LogP contribution is -2.55. The summed E-state index contributed by atoms with van der Waals surface area (Å²) in [5.74, 6) is 0.0622. The SMILES string of the molecule is CCCCCCCCCCCCCC/C=C/CCCCC1NC=C[N+]1(CC)CCNC(C)=O. The normalized spacial score (nSPS) is 19.9. The Labute approximate surface area is 206 Å². The minimum Gasteiger partial charge on any atom is -0.351 e. The number of quaternary nitrogens is 1. The molecule has 2 unspecified atom stereocenters. The first-order chi connectivity index (χ1) is 16.1. The summed E-state index contributed by atoms with van der Waals surface area (Å²) >= 11 is 0. The molecule has 0 radical (unpaired) electrons.